The van der Waals surface area contributed by atoms with Crippen molar-refractivity contribution in [2.24, 2.45) is 5.92 Å². The lowest BCUT2D eigenvalue weighted by Gasteiger charge is -2.13. The molecule has 0 saturated carbocycles. The third-order valence-electron chi connectivity index (χ3n) is 6.52. The fourth-order valence-electron chi connectivity index (χ4n) is 5.00. The van der Waals surface area contributed by atoms with Gasteiger partial charge in [-0.15, -0.1) is 0 Å². The molecular weight excluding hydrogens is 396 g/mol. The van der Waals surface area contributed by atoms with Crippen LogP contribution in [-0.2, 0) is 0 Å². The Labute approximate surface area is 201 Å². The summed E-state index contributed by atoms with van der Waals surface area (Å²) in [4.78, 5) is 0. The van der Waals surface area contributed by atoms with Crippen LogP contribution in [0, 0.1) is 12.8 Å². The van der Waals surface area contributed by atoms with Crippen molar-refractivity contribution in [1.29, 1.82) is 0 Å². The highest BCUT2D eigenvalue weighted by Gasteiger charge is 2.30. The van der Waals surface area contributed by atoms with Gasteiger partial charge in [0.2, 0.25) is 0 Å². The van der Waals surface area contributed by atoms with E-state index >= 15 is 0 Å². The first-order valence-corrected chi connectivity index (χ1v) is 12.5. The summed E-state index contributed by atoms with van der Waals surface area (Å²) >= 11 is 0. The summed E-state index contributed by atoms with van der Waals surface area (Å²) in [5.74, 6) is 0.781. The van der Waals surface area contributed by atoms with E-state index in [1.54, 1.807) is 0 Å². The van der Waals surface area contributed by atoms with E-state index in [4.69, 9.17) is 0 Å². The Morgan fingerprint density at radius 3 is 2.42 bits per heavy atom. The molecule has 0 fully saturated rings. The predicted octanol–water partition coefficient (Wildman–Crippen LogP) is 9.92. The first kappa shape index (κ1) is 24.5. The molecule has 0 bridgehead atoms. The molecule has 0 nitrogen and oxygen atoms in total. The number of hydrogen-bond acceptors (Lipinski definition) is 0. The van der Waals surface area contributed by atoms with Gasteiger partial charge in [-0.05, 0) is 75.6 Å². The van der Waals surface area contributed by atoms with Gasteiger partial charge in [0.1, 0.15) is 0 Å². The van der Waals surface area contributed by atoms with Crippen LogP contribution in [0.2, 0.25) is 0 Å². The zero-order valence-electron chi connectivity index (χ0n) is 21.4. The molecule has 2 aromatic carbocycles. The molecule has 2 aromatic rings. The summed E-state index contributed by atoms with van der Waals surface area (Å²) in [6.07, 6.45) is 20.0. The van der Waals surface area contributed by atoms with Crippen LogP contribution < -0.4 is 0 Å². The Morgan fingerprint density at radius 1 is 0.939 bits per heavy atom. The van der Waals surface area contributed by atoms with E-state index in [0.29, 0.717) is 11.8 Å². The minimum absolute atomic E-state index is 0.365. The fourth-order valence-corrected chi connectivity index (χ4v) is 5.00. The van der Waals surface area contributed by atoms with E-state index < -0.39 is 0 Å². The van der Waals surface area contributed by atoms with Gasteiger partial charge in [0.15, 0.2) is 0 Å². The molecule has 0 aromatic heterocycles. The highest BCUT2D eigenvalue weighted by Crippen LogP contribution is 2.49. The summed E-state index contributed by atoms with van der Waals surface area (Å²) in [6, 6.07) is 9.38. The summed E-state index contributed by atoms with van der Waals surface area (Å²) in [5.41, 5.74) is 13.3. The molecule has 0 spiro atoms. The predicted molar refractivity (Wildman–Crippen MR) is 149 cm³/mol. The van der Waals surface area contributed by atoms with Crippen molar-refractivity contribution in [2.45, 2.75) is 54.4 Å². The molecule has 0 saturated heterocycles. The van der Waals surface area contributed by atoms with E-state index in [9.17, 15) is 0 Å². The zero-order valence-corrected chi connectivity index (χ0v) is 21.4. The van der Waals surface area contributed by atoms with Gasteiger partial charge < -0.3 is 0 Å². The van der Waals surface area contributed by atoms with Crippen molar-refractivity contribution in [3.05, 3.63) is 112 Å². The second-order valence-corrected chi connectivity index (χ2v) is 8.31. The lowest BCUT2D eigenvalue weighted by molar-refractivity contribution is 0.953. The second kappa shape index (κ2) is 10.7. The lowest BCUT2D eigenvalue weighted by Crippen LogP contribution is -1.96. The third kappa shape index (κ3) is 4.40. The van der Waals surface area contributed by atoms with Gasteiger partial charge in [-0.1, -0.05) is 114 Å². The van der Waals surface area contributed by atoms with Gasteiger partial charge in [0, 0.05) is 11.8 Å². The number of aryl methyl sites for hydroxylation is 1. The number of allylic oxidation sites excluding steroid dienone is 9. The van der Waals surface area contributed by atoms with Gasteiger partial charge in [0.05, 0.1) is 0 Å². The molecule has 5 rings (SSSR count). The van der Waals surface area contributed by atoms with Crippen LogP contribution in [0.5, 0.6) is 0 Å². The molecule has 3 aliphatic rings. The third-order valence-corrected chi connectivity index (χ3v) is 6.52. The Bertz CT molecular complexity index is 1190. The Hall–Kier alpha value is -3.12. The van der Waals surface area contributed by atoms with Crippen LogP contribution in [0.1, 0.15) is 80.8 Å². The summed E-state index contributed by atoms with van der Waals surface area (Å²) in [5, 5.41) is 0. The van der Waals surface area contributed by atoms with Gasteiger partial charge in [-0.3, -0.25) is 0 Å². The van der Waals surface area contributed by atoms with Crippen LogP contribution in [0.3, 0.4) is 0 Å². The Morgan fingerprint density at radius 2 is 1.70 bits per heavy atom. The normalized spacial score (nSPS) is 18.6. The van der Waals surface area contributed by atoms with Crippen molar-refractivity contribution in [3.63, 3.8) is 0 Å². The maximum absolute atomic E-state index is 4.30. The zero-order chi connectivity index (χ0) is 24.1. The summed E-state index contributed by atoms with van der Waals surface area (Å²) < 4.78 is 0. The molecule has 170 valence electrons. The van der Waals surface area contributed by atoms with Gasteiger partial charge in [-0.25, -0.2) is 0 Å². The number of fused-ring (bicyclic) bond motifs is 6. The summed E-state index contributed by atoms with van der Waals surface area (Å²) in [6.45, 7) is 18.9. The number of hydrogen-bond donors (Lipinski definition) is 0. The molecule has 33 heavy (non-hydrogen) atoms. The first-order chi connectivity index (χ1) is 16.1. The van der Waals surface area contributed by atoms with Crippen molar-refractivity contribution >= 4 is 17.7 Å². The lowest BCUT2D eigenvalue weighted by atomic mass is 9.91. The molecule has 2 unspecified atom stereocenters. The van der Waals surface area contributed by atoms with Crippen molar-refractivity contribution in [2.75, 3.05) is 0 Å². The van der Waals surface area contributed by atoms with Crippen LogP contribution in [0.25, 0.3) is 28.9 Å². The maximum atomic E-state index is 4.30. The van der Waals surface area contributed by atoms with Gasteiger partial charge in [0.25, 0.3) is 0 Å². The number of benzene rings is 2. The largest absolute Gasteiger partial charge is 0.0912 e. The molecule has 0 N–H and O–H groups in total. The highest BCUT2D eigenvalue weighted by atomic mass is 14.3. The minimum atomic E-state index is 0.365. The molecular formula is C33H38. The maximum Gasteiger partial charge on any atom is 0.0205 e. The fraction of sp³-hybridized carbons (Fsp3) is 0.273. The van der Waals surface area contributed by atoms with E-state index in [1.807, 2.05) is 34.6 Å². The van der Waals surface area contributed by atoms with Crippen LogP contribution in [0.4, 0.5) is 0 Å². The molecule has 0 amide bonds. The monoisotopic (exact) mass is 434 g/mol. The van der Waals surface area contributed by atoms with Gasteiger partial charge in [-0.2, -0.15) is 0 Å². The van der Waals surface area contributed by atoms with E-state index in [-0.39, 0.29) is 0 Å². The SMILES string of the molecule is C=C(/C=C\C)c1cc2c(cc1C)C(C)c1ccc3c(c1-2)C=CC1C=CC=CC1=C3.CC.CC. The van der Waals surface area contributed by atoms with Crippen molar-refractivity contribution in [3.8, 4) is 11.1 Å². The molecule has 2 atom stereocenters. The topological polar surface area (TPSA) is 0 Å². The van der Waals surface area contributed by atoms with Crippen molar-refractivity contribution < 1.29 is 0 Å². The van der Waals surface area contributed by atoms with E-state index in [1.165, 1.54) is 50.1 Å². The molecule has 0 heteroatoms. The van der Waals surface area contributed by atoms with E-state index in [0.717, 1.165) is 5.57 Å². The molecule has 0 radical (unpaired) electrons. The summed E-state index contributed by atoms with van der Waals surface area (Å²) in [7, 11) is 0. The Kier molecular flexibility index (Phi) is 7.92. The van der Waals surface area contributed by atoms with E-state index in [2.05, 4.69) is 99.4 Å². The number of rotatable bonds is 2. The van der Waals surface area contributed by atoms with Crippen LogP contribution >= 0.6 is 0 Å². The van der Waals surface area contributed by atoms with Crippen LogP contribution in [-0.4, -0.2) is 0 Å². The minimum Gasteiger partial charge on any atom is -0.0912 e. The average molecular weight is 435 g/mol. The van der Waals surface area contributed by atoms with Crippen LogP contribution in [0.15, 0.2) is 78.9 Å². The highest BCUT2D eigenvalue weighted by molar-refractivity contribution is 5.92. The molecule has 0 aliphatic heterocycles. The quantitative estimate of drug-likeness (QED) is 0.412. The van der Waals surface area contributed by atoms with Crippen molar-refractivity contribution in [1.82, 2.24) is 0 Å². The van der Waals surface area contributed by atoms with Gasteiger partial charge >= 0.3 is 0 Å². The second-order valence-electron chi connectivity index (χ2n) is 8.31. The standard InChI is InChI=1S/C29H26.2C2H6/c1-5-8-18(2)26-17-28-27(15-19(26)3)20(4)24-13-12-23-16-22-10-7-6-9-21(22)11-14-25(23)29(24)28;2*1-2/h5-17,20-21H,2H2,1,3-4H3;2*1-2H3/b8-5-;;. The smallest absolute Gasteiger partial charge is 0.0205 e. The molecule has 3 aliphatic carbocycles. The first-order valence-electron chi connectivity index (χ1n) is 12.5. The molecule has 0 heterocycles. The Balaban J connectivity index is 0.000000728. The average Bonchev–Trinajstić information content (AvgIpc) is 3.00.